The molecule has 0 aliphatic carbocycles. The summed E-state index contributed by atoms with van der Waals surface area (Å²) >= 11 is 0. The van der Waals surface area contributed by atoms with E-state index in [9.17, 15) is 38.8 Å². The maximum atomic E-state index is 11.9. The van der Waals surface area contributed by atoms with Crippen molar-refractivity contribution in [3.63, 3.8) is 0 Å². The van der Waals surface area contributed by atoms with Crippen LogP contribution in [0.25, 0.3) is 0 Å². The van der Waals surface area contributed by atoms with Crippen LogP contribution < -0.4 is 11.2 Å². The Balaban J connectivity index is 2.09. The highest BCUT2D eigenvalue weighted by Gasteiger charge is 2.46. The molecule has 2 rings (SSSR count). The van der Waals surface area contributed by atoms with E-state index in [4.69, 9.17) is 24.8 Å². The van der Waals surface area contributed by atoms with Crippen LogP contribution in [-0.4, -0.2) is 69.2 Å². The minimum atomic E-state index is -5.75. The number of hydrogen-bond acceptors (Lipinski definition) is 12. The van der Waals surface area contributed by atoms with Crippen LogP contribution in [0.2, 0.25) is 0 Å². The zero-order valence-electron chi connectivity index (χ0n) is 14.3. The highest BCUT2D eigenvalue weighted by Crippen LogP contribution is 2.66. The van der Waals surface area contributed by atoms with Gasteiger partial charge in [-0.2, -0.15) is 8.62 Å². The summed E-state index contributed by atoms with van der Waals surface area (Å²) in [5.41, 5.74) is -1.83. The molecule has 6 atom stereocenters. The van der Waals surface area contributed by atoms with Crippen LogP contribution >= 0.6 is 23.5 Å². The average molecular weight is 499 g/mol. The van der Waals surface area contributed by atoms with Gasteiger partial charge in [0.05, 0.1) is 6.61 Å². The molecule has 172 valence electrons. The molecule has 30 heavy (non-hydrogen) atoms. The van der Waals surface area contributed by atoms with Crippen LogP contribution in [0.1, 0.15) is 6.23 Å². The standard InChI is InChI=1S/C9H16N3O15P3/c10-5-1-2-11(9(15)12(5)16)8-7(14)6(13)4(25-8)3-24-29(20,21)27-30(22,23)26-28(17,18)19/h1-2,4,6-8,10,13-14,16H,3H2,(H,20,21)(H,22,23)(H2,17,18,19)/t4-,6-,7-,8-/m1/s1. The molecule has 8 N–H and O–H groups in total. The molecule has 2 unspecified atom stereocenters. The van der Waals surface area contributed by atoms with Gasteiger partial charge in [0.25, 0.3) is 0 Å². The zero-order chi connectivity index (χ0) is 23.1. The van der Waals surface area contributed by atoms with E-state index in [1.165, 1.54) is 0 Å². The van der Waals surface area contributed by atoms with Crippen molar-refractivity contribution in [3.8, 4) is 0 Å². The normalized spacial score (nSPS) is 28.7. The summed E-state index contributed by atoms with van der Waals surface area (Å²) in [6.07, 6.45) is -5.97. The molecular formula is C9H16N3O15P3. The largest absolute Gasteiger partial charge is 0.490 e. The molecule has 0 amide bonds. The number of hydrogen-bond donors (Lipinski definition) is 8. The topological polar surface area (TPSA) is 281 Å². The quantitative estimate of drug-likeness (QED) is 0.134. The van der Waals surface area contributed by atoms with E-state index in [1.54, 1.807) is 0 Å². The van der Waals surface area contributed by atoms with E-state index in [2.05, 4.69) is 13.1 Å². The maximum absolute atomic E-state index is 11.9. The Morgan fingerprint density at radius 3 is 2.23 bits per heavy atom. The lowest BCUT2D eigenvalue weighted by atomic mass is 10.1. The molecular weight excluding hydrogens is 483 g/mol. The van der Waals surface area contributed by atoms with Gasteiger partial charge in [0.1, 0.15) is 18.3 Å². The Kier molecular flexibility index (Phi) is 7.28. The van der Waals surface area contributed by atoms with Gasteiger partial charge in [-0.1, -0.05) is 0 Å². The minimum Gasteiger partial charge on any atom is -0.422 e. The first-order chi connectivity index (χ1) is 13.5. The molecule has 1 aliphatic heterocycles. The summed E-state index contributed by atoms with van der Waals surface area (Å²) in [5.74, 6) is 0. The third kappa shape index (κ3) is 6.15. The van der Waals surface area contributed by atoms with Crippen molar-refractivity contribution in [2.75, 3.05) is 6.61 Å². The summed E-state index contributed by atoms with van der Waals surface area (Å²) in [7, 11) is -16.8. The third-order valence-corrected chi connectivity index (χ3v) is 7.26. The van der Waals surface area contributed by atoms with Gasteiger partial charge in [-0.05, 0) is 0 Å². The molecule has 1 aromatic heterocycles. The number of rotatable bonds is 8. The smallest absolute Gasteiger partial charge is 0.422 e. The van der Waals surface area contributed by atoms with Crippen molar-refractivity contribution in [2.45, 2.75) is 24.5 Å². The lowest BCUT2D eigenvalue weighted by Crippen LogP contribution is -2.42. The van der Waals surface area contributed by atoms with Gasteiger partial charge in [0, 0.05) is 12.3 Å². The lowest BCUT2D eigenvalue weighted by molar-refractivity contribution is -0.0571. The summed E-state index contributed by atoms with van der Waals surface area (Å²) in [6, 6.07) is 0.948. The molecule has 1 aromatic rings. The molecule has 0 aromatic carbocycles. The lowest BCUT2D eigenvalue weighted by Gasteiger charge is -2.19. The van der Waals surface area contributed by atoms with E-state index in [1.807, 2.05) is 0 Å². The van der Waals surface area contributed by atoms with E-state index >= 15 is 0 Å². The van der Waals surface area contributed by atoms with Crippen LogP contribution in [0.5, 0.6) is 0 Å². The van der Waals surface area contributed by atoms with Crippen LogP contribution in [0.15, 0.2) is 17.1 Å². The number of aliphatic hydroxyl groups excluding tert-OH is 2. The van der Waals surface area contributed by atoms with Gasteiger partial charge in [0.15, 0.2) is 11.7 Å². The van der Waals surface area contributed by atoms with Crippen LogP contribution in [-0.2, 0) is 31.6 Å². The minimum absolute atomic E-state index is 0.0954. The number of nitrogens with zero attached hydrogens (tertiary/aromatic N) is 2. The first kappa shape index (κ1) is 25.0. The second-order valence-corrected chi connectivity index (χ2v) is 10.1. The molecule has 0 bridgehead atoms. The van der Waals surface area contributed by atoms with Crippen molar-refractivity contribution in [2.24, 2.45) is 0 Å². The van der Waals surface area contributed by atoms with E-state index in [-0.39, 0.29) is 4.73 Å². The van der Waals surface area contributed by atoms with Crippen molar-refractivity contribution >= 4 is 23.5 Å². The van der Waals surface area contributed by atoms with Crippen LogP contribution in [0.3, 0.4) is 0 Å². The van der Waals surface area contributed by atoms with E-state index < -0.39 is 65.8 Å². The average Bonchev–Trinajstić information content (AvgIpc) is 2.83. The molecule has 0 radical (unpaired) electrons. The predicted octanol–water partition coefficient (Wildman–Crippen LogP) is -2.67. The molecule has 1 fully saturated rings. The zero-order valence-corrected chi connectivity index (χ0v) is 17.0. The predicted molar refractivity (Wildman–Crippen MR) is 87.5 cm³/mol. The first-order valence-corrected chi connectivity index (χ1v) is 11.9. The van der Waals surface area contributed by atoms with Gasteiger partial charge in [-0.25, -0.2) is 18.5 Å². The highest BCUT2D eigenvalue weighted by molar-refractivity contribution is 7.66. The number of nitrogens with one attached hydrogen (secondary N) is 1. The summed E-state index contributed by atoms with van der Waals surface area (Å²) in [6.45, 7) is -1.08. The number of phosphoric ester groups is 1. The van der Waals surface area contributed by atoms with E-state index in [0.717, 1.165) is 12.3 Å². The Labute approximate surface area is 165 Å². The Hall–Kier alpha value is -1.23. The second-order valence-electron chi connectivity index (χ2n) is 5.64. The Morgan fingerprint density at radius 1 is 1.07 bits per heavy atom. The number of phosphoric acid groups is 3. The van der Waals surface area contributed by atoms with Gasteiger partial charge < -0.3 is 39.7 Å². The van der Waals surface area contributed by atoms with Gasteiger partial charge >= 0.3 is 29.2 Å². The van der Waals surface area contributed by atoms with Crippen molar-refractivity contribution in [1.29, 1.82) is 5.41 Å². The number of aromatic nitrogens is 2. The Bertz CT molecular complexity index is 1050. The fourth-order valence-corrected chi connectivity index (χ4v) is 5.29. The fourth-order valence-electron chi connectivity index (χ4n) is 2.26. The molecule has 0 spiro atoms. The number of aliphatic hydroxyl groups is 2. The molecule has 18 nitrogen and oxygen atoms in total. The number of ether oxygens (including phenoxy) is 1. The van der Waals surface area contributed by atoms with Gasteiger partial charge in [0.2, 0.25) is 0 Å². The summed E-state index contributed by atoms with van der Waals surface area (Å²) in [4.78, 5) is 47.2. The summed E-state index contributed by atoms with van der Waals surface area (Å²) < 4.78 is 50.4. The van der Waals surface area contributed by atoms with Gasteiger partial charge in [-0.15, -0.1) is 4.73 Å². The van der Waals surface area contributed by atoms with Crippen LogP contribution in [0, 0.1) is 5.41 Å². The van der Waals surface area contributed by atoms with Crippen molar-refractivity contribution < 1.29 is 66.6 Å². The first-order valence-electron chi connectivity index (χ1n) is 7.41. The third-order valence-electron chi connectivity index (χ3n) is 3.45. The molecule has 21 heteroatoms. The Morgan fingerprint density at radius 2 is 1.67 bits per heavy atom. The van der Waals surface area contributed by atoms with Crippen molar-refractivity contribution in [1.82, 2.24) is 9.30 Å². The fraction of sp³-hybridized carbons (Fsp3) is 0.556. The van der Waals surface area contributed by atoms with Crippen molar-refractivity contribution in [3.05, 3.63) is 28.2 Å². The van der Waals surface area contributed by atoms with Crippen LogP contribution in [0.4, 0.5) is 0 Å². The van der Waals surface area contributed by atoms with Gasteiger partial charge in [-0.3, -0.25) is 14.5 Å². The second kappa shape index (κ2) is 8.72. The monoisotopic (exact) mass is 499 g/mol. The molecule has 1 aliphatic rings. The summed E-state index contributed by atoms with van der Waals surface area (Å²) in [5, 5.41) is 36.7. The molecule has 1 saturated heterocycles. The SMILES string of the molecule is N=c1ccn([C@@H]2O[C@H](COP(=O)(O)OP(=O)(O)OP(=O)(O)O)[C@@H](O)[C@H]2O)c(=O)n1O. The molecule has 2 heterocycles. The maximum Gasteiger partial charge on any atom is 0.490 e. The highest BCUT2D eigenvalue weighted by atomic mass is 31.3. The van der Waals surface area contributed by atoms with E-state index in [0.29, 0.717) is 4.57 Å². The molecule has 0 saturated carbocycles.